The van der Waals surface area contributed by atoms with E-state index in [0.717, 1.165) is 45.3 Å². The molecule has 3 heterocycles. The maximum absolute atomic E-state index is 8.96. The van der Waals surface area contributed by atoms with Gasteiger partial charge in [-0.2, -0.15) is 10.2 Å². The number of hydrogen-bond acceptors (Lipinski definition) is 6. The van der Waals surface area contributed by atoms with E-state index in [1.807, 2.05) is 12.1 Å². The molecular formula is C16H13BrClN5O. The number of halogens is 2. The van der Waals surface area contributed by atoms with Crippen molar-refractivity contribution < 1.29 is 4.42 Å². The van der Waals surface area contributed by atoms with Gasteiger partial charge >= 0.3 is 0 Å². The Labute approximate surface area is 151 Å². The monoisotopic (exact) mass is 405 g/mol. The van der Waals surface area contributed by atoms with Crippen molar-refractivity contribution in [3.8, 4) is 6.07 Å². The summed E-state index contributed by atoms with van der Waals surface area (Å²) in [5.74, 6) is 0.752. The molecule has 0 bridgehead atoms. The van der Waals surface area contributed by atoms with Crippen molar-refractivity contribution >= 4 is 55.2 Å². The average molecular weight is 407 g/mol. The normalized spacial score (nSPS) is 18.2. The van der Waals surface area contributed by atoms with Crippen molar-refractivity contribution in [2.75, 3.05) is 24.5 Å². The van der Waals surface area contributed by atoms with Crippen LogP contribution in [0.15, 0.2) is 27.3 Å². The van der Waals surface area contributed by atoms with Crippen LogP contribution in [-0.4, -0.2) is 35.6 Å². The van der Waals surface area contributed by atoms with Crippen LogP contribution < -0.4 is 10.2 Å². The van der Waals surface area contributed by atoms with Gasteiger partial charge in [-0.3, -0.25) is 0 Å². The minimum atomic E-state index is 0.107. The van der Waals surface area contributed by atoms with Crippen LogP contribution in [0.5, 0.6) is 0 Å². The fourth-order valence-corrected chi connectivity index (χ4v) is 3.84. The maximum atomic E-state index is 8.96. The highest BCUT2D eigenvalue weighted by molar-refractivity contribution is 9.10. The summed E-state index contributed by atoms with van der Waals surface area (Å²) in [6.07, 6.45) is 2.11. The molecule has 0 amide bonds. The summed E-state index contributed by atoms with van der Waals surface area (Å²) in [7, 11) is 0. The molecule has 0 aliphatic carbocycles. The van der Waals surface area contributed by atoms with Crippen LogP contribution in [0.25, 0.3) is 21.9 Å². The van der Waals surface area contributed by atoms with E-state index in [0.29, 0.717) is 13.0 Å². The second kappa shape index (κ2) is 6.20. The van der Waals surface area contributed by atoms with E-state index in [1.165, 1.54) is 0 Å². The third kappa shape index (κ3) is 2.61. The fraction of sp³-hybridized carbons (Fsp3) is 0.312. The highest BCUT2D eigenvalue weighted by Crippen LogP contribution is 2.37. The van der Waals surface area contributed by atoms with E-state index in [-0.39, 0.29) is 11.3 Å². The molecule has 6 nitrogen and oxygen atoms in total. The van der Waals surface area contributed by atoms with Gasteiger partial charge in [0.15, 0.2) is 0 Å². The van der Waals surface area contributed by atoms with Crippen LogP contribution >= 0.6 is 27.5 Å². The average Bonchev–Trinajstić information content (AvgIpc) is 3.05. The zero-order chi connectivity index (χ0) is 16.7. The fourth-order valence-electron chi connectivity index (χ4n) is 3.14. The molecule has 0 unspecified atom stereocenters. The van der Waals surface area contributed by atoms with Gasteiger partial charge in [0.1, 0.15) is 11.4 Å². The second-order valence-electron chi connectivity index (χ2n) is 5.69. The lowest BCUT2D eigenvalue weighted by Crippen LogP contribution is -2.50. The lowest BCUT2D eigenvalue weighted by atomic mass is 10.1. The molecule has 24 heavy (non-hydrogen) atoms. The third-order valence-corrected chi connectivity index (χ3v) is 5.02. The Bertz CT molecular complexity index is 966. The van der Waals surface area contributed by atoms with Crippen LogP contribution in [0.4, 0.5) is 5.82 Å². The van der Waals surface area contributed by atoms with E-state index >= 15 is 0 Å². The van der Waals surface area contributed by atoms with E-state index in [4.69, 9.17) is 21.3 Å². The van der Waals surface area contributed by atoms with Crippen LogP contribution in [0.1, 0.15) is 6.42 Å². The molecule has 1 aliphatic heterocycles. The summed E-state index contributed by atoms with van der Waals surface area (Å²) in [4.78, 5) is 11.0. The van der Waals surface area contributed by atoms with Crippen molar-refractivity contribution in [1.29, 1.82) is 5.26 Å². The Morgan fingerprint density at radius 2 is 2.38 bits per heavy atom. The standard InChI is InChI=1S/C16H13BrClN5O/c17-11-7-12-13(14-10(11)2-6-24-14)15(22-16(18)21-12)23-5-4-20-9(8-23)1-3-19/h2,6-7,9,20H,1,4-5,8H2/t9-/m0/s1. The number of nitrogens with zero attached hydrogens (tertiary/aromatic N) is 4. The smallest absolute Gasteiger partial charge is 0.224 e. The molecule has 8 heteroatoms. The van der Waals surface area contributed by atoms with Gasteiger partial charge in [-0.05, 0) is 39.7 Å². The van der Waals surface area contributed by atoms with Gasteiger partial charge < -0.3 is 14.6 Å². The zero-order valence-electron chi connectivity index (χ0n) is 12.6. The molecule has 1 aromatic carbocycles. The Kier molecular flexibility index (Phi) is 4.04. The van der Waals surface area contributed by atoms with Gasteiger partial charge in [0.05, 0.1) is 29.7 Å². The topological polar surface area (TPSA) is 78.0 Å². The van der Waals surface area contributed by atoms with Crippen molar-refractivity contribution in [2.45, 2.75) is 12.5 Å². The number of nitrogens with one attached hydrogen (secondary N) is 1. The lowest BCUT2D eigenvalue weighted by Gasteiger charge is -2.34. The van der Waals surface area contributed by atoms with Crippen molar-refractivity contribution in [3.05, 3.63) is 28.2 Å². The summed E-state index contributed by atoms with van der Waals surface area (Å²) in [5, 5.41) is 14.3. The SMILES string of the molecule is N#CC[C@H]1CN(c2nc(Cl)nc3cc(Br)c4ccoc4c23)CCN1. The first kappa shape index (κ1) is 15.6. The highest BCUT2D eigenvalue weighted by Gasteiger charge is 2.24. The van der Waals surface area contributed by atoms with Crippen LogP contribution in [-0.2, 0) is 0 Å². The molecule has 0 spiro atoms. The summed E-state index contributed by atoms with van der Waals surface area (Å²) < 4.78 is 6.61. The molecule has 122 valence electrons. The molecule has 1 aliphatic rings. The predicted octanol–water partition coefficient (Wildman–Crippen LogP) is 3.48. The van der Waals surface area contributed by atoms with Gasteiger partial charge in [-0.25, -0.2) is 4.98 Å². The Hall–Kier alpha value is -1.88. The molecule has 2 aromatic heterocycles. The molecule has 1 saturated heterocycles. The number of benzene rings is 1. The van der Waals surface area contributed by atoms with Crippen molar-refractivity contribution in [2.24, 2.45) is 0 Å². The highest BCUT2D eigenvalue weighted by atomic mass is 79.9. The van der Waals surface area contributed by atoms with Gasteiger partial charge in [0, 0.05) is 35.5 Å². The number of nitriles is 1. The van der Waals surface area contributed by atoms with Gasteiger partial charge in [0.25, 0.3) is 0 Å². The molecule has 3 aromatic rings. The molecule has 1 fully saturated rings. The number of anilines is 1. The van der Waals surface area contributed by atoms with Crippen LogP contribution in [0, 0.1) is 11.3 Å². The second-order valence-corrected chi connectivity index (χ2v) is 6.88. The molecular weight excluding hydrogens is 394 g/mol. The first-order valence-corrected chi connectivity index (χ1v) is 8.72. The molecule has 1 atom stereocenters. The zero-order valence-corrected chi connectivity index (χ0v) is 14.9. The number of rotatable bonds is 2. The third-order valence-electron chi connectivity index (χ3n) is 4.20. The largest absolute Gasteiger partial charge is 0.463 e. The first-order valence-electron chi connectivity index (χ1n) is 7.55. The molecule has 0 saturated carbocycles. The minimum absolute atomic E-state index is 0.107. The molecule has 4 rings (SSSR count). The summed E-state index contributed by atoms with van der Waals surface area (Å²) in [6.45, 7) is 2.25. The van der Waals surface area contributed by atoms with E-state index < -0.39 is 0 Å². The van der Waals surface area contributed by atoms with Crippen molar-refractivity contribution in [1.82, 2.24) is 15.3 Å². The van der Waals surface area contributed by atoms with Gasteiger partial charge in [-0.15, -0.1) is 0 Å². The van der Waals surface area contributed by atoms with E-state index in [1.54, 1.807) is 6.26 Å². The predicted molar refractivity (Wildman–Crippen MR) is 96.3 cm³/mol. The van der Waals surface area contributed by atoms with Crippen molar-refractivity contribution in [3.63, 3.8) is 0 Å². The Balaban J connectivity index is 1.91. The Morgan fingerprint density at radius 3 is 3.21 bits per heavy atom. The number of hydrogen-bond donors (Lipinski definition) is 1. The number of furan rings is 1. The maximum Gasteiger partial charge on any atom is 0.224 e. The minimum Gasteiger partial charge on any atom is -0.463 e. The van der Waals surface area contributed by atoms with Gasteiger partial charge in [0.2, 0.25) is 5.28 Å². The first-order chi connectivity index (χ1) is 11.7. The van der Waals surface area contributed by atoms with E-state index in [9.17, 15) is 0 Å². The Morgan fingerprint density at radius 1 is 1.50 bits per heavy atom. The molecule has 0 radical (unpaired) electrons. The summed E-state index contributed by atoms with van der Waals surface area (Å²) >= 11 is 9.70. The number of piperazine rings is 1. The molecule has 1 N–H and O–H groups in total. The van der Waals surface area contributed by atoms with Gasteiger partial charge in [-0.1, -0.05) is 0 Å². The number of fused-ring (bicyclic) bond motifs is 3. The quantitative estimate of drug-likeness (QED) is 0.657. The summed E-state index contributed by atoms with van der Waals surface area (Å²) in [6, 6.07) is 6.16. The van der Waals surface area contributed by atoms with Crippen LogP contribution in [0.2, 0.25) is 5.28 Å². The van der Waals surface area contributed by atoms with Crippen LogP contribution in [0.3, 0.4) is 0 Å². The lowest BCUT2D eigenvalue weighted by molar-refractivity contribution is 0.461. The summed E-state index contributed by atoms with van der Waals surface area (Å²) in [5.41, 5.74) is 1.47. The van der Waals surface area contributed by atoms with E-state index in [2.05, 4.69) is 42.2 Å². The number of aromatic nitrogens is 2.